The summed E-state index contributed by atoms with van der Waals surface area (Å²) in [6.45, 7) is 11.6. The molecule has 0 aromatic carbocycles. The molecule has 0 saturated carbocycles. The summed E-state index contributed by atoms with van der Waals surface area (Å²) in [5.41, 5.74) is -0.762. The van der Waals surface area contributed by atoms with Gasteiger partial charge in [0, 0.05) is 12.5 Å². The highest BCUT2D eigenvalue weighted by molar-refractivity contribution is 5.86. The SMILES string of the molecule is CN1C(=O)CN(C(=O)OC(C)(C)C)[C@H]1C(C)(C)C. The molecule has 0 aliphatic carbocycles. The maximum atomic E-state index is 12.1. The first-order chi connectivity index (χ1) is 7.93. The largest absolute Gasteiger partial charge is 0.444 e. The van der Waals surface area contributed by atoms with E-state index in [1.165, 1.54) is 4.90 Å². The van der Waals surface area contributed by atoms with Gasteiger partial charge in [-0.1, -0.05) is 20.8 Å². The molecular formula is C13H24N2O3. The Balaban J connectivity index is 2.93. The summed E-state index contributed by atoms with van der Waals surface area (Å²) < 4.78 is 5.35. The fourth-order valence-corrected chi connectivity index (χ4v) is 2.22. The van der Waals surface area contributed by atoms with E-state index in [9.17, 15) is 9.59 Å². The fourth-order valence-electron chi connectivity index (χ4n) is 2.22. The molecule has 1 heterocycles. The van der Waals surface area contributed by atoms with Crippen molar-refractivity contribution in [2.24, 2.45) is 5.41 Å². The quantitative estimate of drug-likeness (QED) is 0.666. The molecule has 0 aromatic heterocycles. The van der Waals surface area contributed by atoms with E-state index in [0.717, 1.165) is 0 Å². The molecule has 1 aliphatic rings. The van der Waals surface area contributed by atoms with Crippen molar-refractivity contribution < 1.29 is 14.3 Å². The zero-order chi connectivity index (χ0) is 14.3. The standard InChI is InChI=1S/C13H24N2O3/c1-12(2,3)10-14(7)9(16)8-15(10)11(17)18-13(4,5)6/h10H,8H2,1-7H3/t10-/m0/s1. The second-order valence-electron chi connectivity index (χ2n) is 6.85. The van der Waals surface area contributed by atoms with Crippen LogP contribution in [0, 0.1) is 5.41 Å². The van der Waals surface area contributed by atoms with Crippen molar-refractivity contribution in [3.63, 3.8) is 0 Å². The van der Waals surface area contributed by atoms with Gasteiger partial charge in [-0.25, -0.2) is 4.79 Å². The highest BCUT2D eigenvalue weighted by Gasteiger charge is 2.46. The van der Waals surface area contributed by atoms with Crippen LogP contribution in [0.3, 0.4) is 0 Å². The van der Waals surface area contributed by atoms with Crippen molar-refractivity contribution in [3.05, 3.63) is 0 Å². The summed E-state index contributed by atoms with van der Waals surface area (Å²) in [4.78, 5) is 27.0. The molecule has 1 atom stereocenters. The van der Waals surface area contributed by atoms with Crippen LogP contribution < -0.4 is 0 Å². The van der Waals surface area contributed by atoms with Gasteiger partial charge in [0.2, 0.25) is 5.91 Å². The van der Waals surface area contributed by atoms with Crippen molar-refractivity contribution in [2.45, 2.75) is 53.3 Å². The minimum atomic E-state index is -0.552. The number of hydrogen-bond donors (Lipinski definition) is 0. The van der Waals surface area contributed by atoms with Crippen LogP contribution in [0.1, 0.15) is 41.5 Å². The molecule has 0 aromatic rings. The predicted molar refractivity (Wildman–Crippen MR) is 69.0 cm³/mol. The molecule has 5 nitrogen and oxygen atoms in total. The molecule has 0 spiro atoms. The summed E-state index contributed by atoms with van der Waals surface area (Å²) in [5, 5.41) is 0. The van der Waals surface area contributed by atoms with E-state index in [2.05, 4.69) is 0 Å². The van der Waals surface area contributed by atoms with Crippen LogP contribution in [0.15, 0.2) is 0 Å². The summed E-state index contributed by atoms with van der Waals surface area (Å²) in [6, 6.07) is 0. The van der Waals surface area contributed by atoms with E-state index in [1.54, 1.807) is 11.9 Å². The van der Waals surface area contributed by atoms with E-state index in [4.69, 9.17) is 4.74 Å². The van der Waals surface area contributed by atoms with Crippen LogP contribution in [0.4, 0.5) is 4.79 Å². The Hall–Kier alpha value is -1.26. The van der Waals surface area contributed by atoms with Gasteiger partial charge in [-0.05, 0) is 20.8 Å². The predicted octanol–water partition coefficient (Wildman–Crippen LogP) is 2.07. The second-order valence-corrected chi connectivity index (χ2v) is 6.85. The zero-order valence-electron chi connectivity index (χ0n) is 12.4. The third kappa shape index (κ3) is 3.15. The Morgan fingerprint density at radius 2 is 1.72 bits per heavy atom. The first-order valence-electron chi connectivity index (χ1n) is 6.19. The van der Waals surface area contributed by atoms with Gasteiger partial charge < -0.3 is 9.64 Å². The molecule has 104 valence electrons. The van der Waals surface area contributed by atoms with Gasteiger partial charge in [-0.3, -0.25) is 9.69 Å². The molecule has 0 N–H and O–H groups in total. The monoisotopic (exact) mass is 256 g/mol. The lowest BCUT2D eigenvalue weighted by Gasteiger charge is -2.38. The molecule has 5 heteroatoms. The molecule has 0 radical (unpaired) electrons. The van der Waals surface area contributed by atoms with Crippen LogP contribution >= 0.6 is 0 Å². The molecule has 1 saturated heterocycles. The number of likely N-dealkylation sites (N-methyl/N-ethyl adjacent to an activating group) is 1. The smallest absolute Gasteiger partial charge is 0.412 e. The molecule has 18 heavy (non-hydrogen) atoms. The van der Waals surface area contributed by atoms with Crippen LogP contribution in [-0.4, -0.2) is 47.2 Å². The third-order valence-corrected chi connectivity index (χ3v) is 2.76. The lowest BCUT2D eigenvalue weighted by atomic mass is 9.91. The van der Waals surface area contributed by atoms with E-state index in [0.29, 0.717) is 0 Å². The van der Waals surface area contributed by atoms with Crippen LogP contribution in [0.5, 0.6) is 0 Å². The van der Waals surface area contributed by atoms with E-state index >= 15 is 0 Å². The third-order valence-electron chi connectivity index (χ3n) is 2.76. The molecule has 0 bridgehead atoms. The van der Waals surface area contributed by atoms with Gasteiger partial charge in [-0.15, -0.1) is 0 Å². The van der Waals surface area contributed by atoms with Crippen molar-refractivity contribution in [2.75, 3.05) is 13.6 Å². The van der Waals surface area contributed by atoms with Crippen molar-refractivity contribution in [3.8, 4) is 0 Å². The topological polar surface area (TPSA) is 49.9 Å². The highest BCUT2D eigenvalue weighted by atomic mass is 16.6. The average molecular weight is 256 g/mol. The summed E-state index contributed by atoms with van der Waals surface area (Å²) in [7, 11) is 1.72. The Labute approximate surface area is 109 Å². The zero-order valence-corrected chi connectivity index (χ0v) is 12.4. The first-order valence-corrected chi connectivity index (χ1v) is 6.19. The molecule has 1 rings (SSSR count). The fraction of sp³-hybridized carbons (Fsp3) is 0.846. The number of amides is 2. The number of rotatable bonds is 0. The molecule has 0 unspecified atom stereocenters. The normalized spacial score (nSPS) is 21.5. The summed E-state index contributed by atoms with van der Waals surface area (Å²) >= 11 is 0. The van der Waals surface area contributed by atoms with Crippen molar-refractivity contribution >= 4 is 12.0 Å². The van der Waals surface area contributed by atoms with Gasteiger partial charge >= 0.3 is 6.09 Å². The minimum Gasteiger partial charge on any atom is -0.444 e. The first kappa shape index (κ1) is 14.8. The minimum absolute atomic E-state index is 0.0548. The molecule has 2 amide bonds. The summed E-state index contributed by atoms with van der Waals surface area (Å²) in [6.07, 6.45) is -0.694. The number of hydrogen-bond acceptors (Lipinski definition) is 3. The van der Waals surface area contributed by atoms with Crippen LogP contribution in [-0.2, 0) is 9.53 Å². The van der Waals surface area contributed by atoms with Gasteiger partial charge in [0.1, 0.15) is 18.3 Å². The molecular weight excluding hydrogens is 232 g/mol. The Bertz CT molecular complexity index is 352. The van der Waals surface area contributed by atoms with Gasteiger partial charge in [0.05, 0.1) is 0 Å². The maximum Gasteiger partial charge on any atom is 0.412 e. The number of carbonyl (C=O) groups excluding carboxylic acids is 2. The molecule has 1 fully saturated rings. The van der Waals surface area contributed by atoms with Crippen molar-refractivity contribution in [1.29, 1.82) is 0 Å². The lowest BCUT2D eigenvalue weighted by Crippen LogP contribution is -2.50. The Morgan fingerprint density at radius 3 is 2.11 bits per heavy atom. The lowest BCUT2D eigenvalue weighted by molar-refractivity contribution is -0.127. The highest BCUT2D eigenvalue weighted by Crippen LogP contribution is 2.31. The Morgan fingerprint density at radius 1 is 1.22 bits per heavy atom. The number of nitrogens with zero attached hydrogens (tertiary/aromatic N) is 2. The summed E-state index contributed by atoms with van der Waals surface area (Å²) in [5.74, 6) is -0.0548. The second kappa shape index (κ2) is 4.44. The number of carbonyl (C=O) groups is 2. The van der Waals surface area contributed by atoms with Crippen LogP contribution in [0.25, 0.3) is 0 Å². The van der Waals surface area contributed by atoms with E-state index in [-0.39, 0.29) is 24.0 Å². The molecule has 1 aliphatic heterocycles. The average Bonchev–Trinajstić information content (AvgIpc) is 2.39. The van der Waals surface area contributed by atoms with Gasteiger partial charge in [0.15, 0.2) is 0 Å². The van der Waals surface area contributed by atoms with Gasteiger partial charge in [0.25, 0.3) is 0 Å². The van der Waals surface area contributed by atoms with Crippen molar-refractivity contribution in [1.82, 2.24) is 9.80 Å². The van der Waals surface area contributed by atoms with E-state index < -0.39 is 11.7 Å². The maximum absolute atomic E-state index is 12.1. The van der Waals surface area contributed by atoms with Crippen LogP contribution in [0.2, 0.25) is 0 Å². The van der Waals surface area contributed by atoms with Gasteiger partial charge in [-0.2, -0.15) is 0 Å². The van der Waals surface area contributed by atoms with E-state index in [1.807, 2.05) is 41.5 Å². The number of ether oxygens (including phenoxy) is 1. The Kier molecular flexibility index (Phi) is 3.65.